The molecule has 1 nitrogen and oxygen atoms in total. The van der Waals surface area contributed by atoms with Gasteiger partial charge in [-0.25, -0.2) is 0 Å². The highest BCUT2D eigenvalue weighted by Gasteiger charge is 2.28. The zero-order chi connectivity index (χ0) is 13.5. The highest BCUT2D eigenvalue weighted by Crippen LogP contribution is 2.21. The molecule has 0 fully saturated rings. The van der Waals surface area contributed by atoms with Crippen molar-refractivity contribution in [2.45, 2.75) is 39.8 Å². The van der Waals surface area contributed by atoms with Crippen LogP contribution in [0.25, 0.3) is 0 Å². The molecule has 0 amide bonds. The van der Waals surface area contributed by atoms with Gasteiger partial charge in [0.15, 0.2) is 6.61 Å². The lowest BCUT2D eigenvalue weighted by atomic mass is 10.0. The predicted molar refractivity (Wildman–Crippen MR) is 63.4 cm³/mol. The predicted octanol–water partition coefficient (Wildman–Crippen LogP) is 4.78. The van der Waals surface area contributed by atoms with Gasteiger partial charge in [0, 0.05) is 0 Å². The van der Waals surface area contributed by atoms with Crippen LogP contribution in [-0.4, -0.2) is 12.8 Å². The molecule has 0 spiro atoms. The van der Waals surface area contributed by atoms with Crippen molar-refractivity contribution in [3.63, 3.8) is 0 Å². The lowest BCUT2D eigenvalue weighted by Crippen LogP contribution is -2.19. The van der Waals surface area contributed by atoms with Gasteiger partial charge in [0.1, 0.15) is 5.75 Å². The van der Waals surface area contributed by atoms with E-state index < -0.39 is 12.8 Å². The van der Waals surface area contributed by atoms with Crippen LogP contribution in [0.15, 0.2) is 24.3 Å². The molecule has 1 aromatic carbocycles. The molecule has 0 radical (unpaired) electrons. The van der Waals surface area contributed by atoms with Gasteiger partial charge in [-0.2, -0.15) is 13.2 Å². The Morgan fingerprint density at radius 1 is 1.06 bits per heavy atom. The van der Waals surface area contributed by atoms with Gasteiger partial charge in [0.2, 0.25) is 0 Å². The van der Waals surface area contributed by atoms with Crippen LogP contribution in [0.2, 0.25) is 0 Å². The summed E-state index contributed by atoms with van der Waals surface area (Å²) in [6.07, 6.45) is -4.28. The molecule has 0 saturated heterocycles. The minimum Gasteiger partial charge on any atom is -0.484 e. The molecule has 0 heterocycles. The third-order valence-corrected chi connectivity index (χ3v) is 1.95. The highest BCUT2D eigenvalue weighted by molar-refractivity contribution is 5.28. The van der Waals surface area contributed by atoms with Crippen molar-refractivity contribution in [1.82, 2.24) is 0 Å². The van der Waals surface area contributed by atoms with Gasteiger partial charge in [-0.3, -0.25) is 0 Å². The van der Waals surface area contributed by atoms with E-state index >= 15 is 0 Å². The smallest absolute Gasteiger partial charge is 0.422 e. The number of ether oxygens (including phenoxy) is 1. The van der Waals surface area contributed by atoms with Crippen LogP contribution >= 0.6 is 0 Å². The van der Waals surface area contributed by atoms with E-state index in [9.17, 15) is 13.2 Å². The van der Waals surface area contributed by atoms with Crippen molar-refractivity contribution in [3.05, 3.63) is 29.8 Å². The van der Waals surface area contributed by atoms with Crippen LogP contribution in [0, 0.1) is 0 Å². The van der Waals surface area contributed by atoms with Gasteiger partial charge in [0.05, 0.1) is 0 Å². The second-order valence-electron chi connectivity index (χ2n) is 3.63. The average Bonchev–Trinajstić information content (AvgIpc) is 2.29. The van der Waals surface area contributed by atoms with Crippen molar-refractivity contribution >= 4 is 0 Å². The monoisotopic (exact) mass is 248 g/mol. The number of rotatable bonds is 3. The standard InChI is InChI=1S/C11H13F3O.C2H6/c1-8(2)9-3-5-10(6-4-9)15-7-11(12,13)14;1-2/h3-6,8H,7H2,1-2H3;1-2H3. The average molecular weight is 248 g/mol. The van der Waals surface area contributed by atoms with Crippen molar-refractivity contribution in [2.75, 3.05) is 6.61 Å². The Morgan fingerprint density at radius 3 is 1.88 bits per heavy atom. The number of halogens is 3. The maximum Gasteiger partial charge on any atom is 0.422 e. The van der Waals surface area contributed by atoms with E-state index in [1.54, 1.807) is 24.3 Å². The Morgan fingerprint density at radius 2 is 1.53 bits per heavy atom. The van der Waals surface area contributed by atoms with Crippen molar-refractivity contribution in [2.24, 2.45) is 0 Å². The second-order valence-corrected chi connectivity index (χ2v) is 3.63. The summed E-state index contributed by atoms with van der Waals surface area (Å²) in [7, 11) is 0. The van der Waals surface area contributed by atoms with Gasteiger partial charge in [0.25, 0.3) is 0 Å². The fraction of sp³-hybridized carbons (Fsp3) is 0.538. The SMILES string of the molecule is CC.CC(C)c1ccc(OCC(F)(F)F)cc1. The van der Waals surface area contributed by atoms with Crippen LogP contribution in [0.3, 0.4) is 0 Å². The normalized spacial score (nSPS) is 10.8. The molecular weight excluding hydrogens is 229 g/mol. The zero-order valence-electron chi connectivity index (χ0n) is 10.6. The van der Waals surface area contributed by atoms with Gasteiger partial charge in [-0.15, -0.1) is 0 Å². The molecule has 0 atom stereocenters. The molecule has 1 rings (SSSR count). The Balaban J connectivity index is 0.00000121. The highest BCUT2D eigenvalue weighted by atomic mass is 19.4. The second kappa shape index (κ2) is 7.20. The first kappa shape index (κ1) is 15.8. The third kappa shape index (κ3) is 6.87. The quantitative estimate of drug-likeness (QED) is 0.748. The Kier molecular flexibility index (Phi) is 6.69. The number of alkyl halides is 3. The summed E-state index contributed by atoms with van der Waals surface area (Å²) < 4.78 is 40.1. The molecule has 0 aromatic heterocycles. The van der Waals surface area contributed by atoms with Crippen molar-refractivity contribution < 1.29 is 17.9 Å². The Hall–Kier alpha value is -1.19. The lowest BCUT2D eigenvalue weighted by Gasteiger charge is -2.10. The molecule has 0 unspecified atom stereocenters. The van der Waals surface area contributed by atoms with Crippen LogP contribution < -0.4 is 4.74 Å². The van der Waals surface area contributed by atoms with E-state index in [-0.39, 0.29) is 5.75 Å². The molecule has 0 saturated carbocycles. The first-order valence-corrected chi connectivity index (χ1v) is 5.68. The molecule has 0 bridgehead atoms. The van der Waals surface area contributed by atoms with Gasteiger partial charge in [-0.05, 0) is 23.6 Å². The summed E-state index contributed by atoms with van der Waals surface area (Å²) in [4.78, 5) is 0. The Bertz CT molecular complexity index is 301. The van der Waals surface area contributed by atoms with Gasteiger partial charge < -0.3 is 4.74 Å². The number of hydrogen-bond donors (Lipinski definition) is 0. The fourth-order valence-corrected chi connectivity index (χ4v) is 1.11. The minimum absolute atomic E-state index is 0.247. The molecular formula is C13H19F3O. The summed E-state index contributed by atoms with van der Waals surface area (Å²) >= 11 is 0. The zero-order valence-corrected chi connectivity index (χ0v) is 10.6. The van der Waals surface area contributed by atoms with Crippen molar-refractivity contribution in [3.8, 4) is 5.75 Å². The number of hydrogen-bond acceptors (Lipinski definition) is 1. The first-order chi connectivity index (χ1) is 7.88. The molecule has 0 N–H and O–H groups in total. The molecule has 0 aliphatic carbocycles. The summed E-state index contributed by atoms with van der Waals surface area (Å²) in [5, 5.41) is 0. The van der Waals surface area contributed by atoms with Crippen LogP contribution in [0.1, 0.15) is 39.2 Å². The Labute approximate surface area is 101 Å². The topological polar surface area (TPSA) is 9.23 Å². The third-order valence-electron chi connectivity index (χ3n) is 1.95. The van der Waals surface area contributed by atoms with Gasteiger partial charge in [-0.1, -0.05) is 39.8 Å². The summed E-state index contributed by atoms with van der Waals surface area (Å²) in [6.45, 7) is 6.80. The molecule has 1 aromatic rings. The molecule has 17 heavy (non-hydrogen) atoms. The fourth-order valence-electron chi connectivity index (χ4n) is 1.11. The summed E-state index contributed by atoms with van der Waals surface area (Å²) in [5.74, 6) is 0.610. The number of benzene rings is 1. The van der Waals surface area contributed by atoms with E-state index in [0.717, 1.165) is 5.56 Å². The summed E-state index contributed by atoms with van der Waals surface area (Å²) in [6, 6.07) is 6.66. The summed E-state index contributed by atoms with van der Waals surface area (Å²) in [5.41, 5.74) is 1.08. The first-order valence-electron chi connectivity index (χ1n) is 5.68. The van der Waals surface area contributed by atoms with E-state index in [2.05, 4.69) is 4.74 Å². The van der Waals surface area contributed by atoms with Crippen molar-refractivity contribution in [1.29, 1.82) is 0 Å². The van der Waals surface area contributed by atoms with E-state index in [0.29, 0.717) is 5.92 Å². The van der Waals surface area contributed by atoms with E-state index in [4.69, 9.17) is 0 Å². The molecule has 0 aliphatic rings. The van der Waals surface area contributed by atoms with Gasteiger partial charge >= 0.3 is 6.18 Å². The maximum absolute atomic E-state index is 11.8. The maximum atomic E-state index is 11.8. The lowest BCUT2D eigenvalue weighted by molar-refractivity contribution is -0.153. The van der Waals surface area contributed by atoms with E-state index in [1.807, 2.05) is 27.7 Å². The van der Waals surface area contributed by atoms with Crippen LogP contribution in [-0.2, 0) is 0 Å². The van der Waals surface area contributed by atoms with Crippen LogP contribution in [0.4, 0.5) is 13.2 Å². The molecule has 4 heteroatoms. The largest absolute Gasteiger partial charge is 0.484 e. The van der Waals surface area contributed by atoms with E-state index in [1.165, 1.54) is 0 Å². The van der Waals surface area contributed by atoms with Crippen LogP contribution in [0.5, 0.6) is 5.75 Å². The molecule has 0 aliphatic heterocycles. The minimum atomic E-state index is -4.28. The molecule has 98 valence electrons.